The molecule has 4 rings (SSSR count). The highest BCUT2D eigenvalue weighted by molar-refractivity contribution is 5.93. The van der Waals surface area contributed by atoms with E-state index in [1.54, 1.807) is 23.1 Å². The van der Waals surface area contributed by atoms with Crippen molar-refractivity contribution in [1.82, 2.24) is 25.5 Å². The van der Waals surface area contributed by atoms with Gasteiger partial charge in [0.1, 0.15) is 5.82 Å². The van der Waals surface area contributed by atoms with E-state index in [2.05, 4.69) is 16.0 Å². The summed E-state index contributed by atoms with van der Waals surface area (Å²) in [7, 11) is 0. The first kappa shape index (κ1) is 16.2. The van der Waals surface area contributed by atoms with E-state index in [0.29, 0.717) is 24.2 Å². The molecule has 25 heavy (non-hydrogen) atoms. The normalized spacial score (nSPS) is 25.8. The van der Waals surface area contributed by atoms with Crippen molar-refractivity contribution < 1.29 is 9.18 Å². The van der Waals surface area contributed by atoms with E-state index in [-0.39, 0.29) is 29.7 Å². The molecule has 2 N–H and O–H groups in total. The third-order valence-corrected chi connectivity index (χ3v) is 5.24. The van der Waals surface area contributed by atoms with Crippen LogP contribution in [0.1, 0.15) is 35.3 Å². The first-order valence-electron chi connectivity index (χ1n) is 8.74. The molecule has 6 nitrogen and oxygen atoms in total. The van der Waals surface area contributed by atoms with Crippen LogP contribution < -0.4 is 10.9 Å². The fraction of sp³-hybridized carbons (Fsp3) is 0.444. The van der Waals surface area contributed by atoms with Crippen molar-refractivity contribution in [2.45, 2.75) is 32.0 Å². The highest BCUT2D eigenvalue weighted by atomic mass is 19.1. The molecule has 0 aliphatic carbocycles. The molecule has 3 unspecified atom stereocenters. The predicted octanol–water partition coefficient (Wildman–Crippen LogP) is 1.72. The minimum Gasteiger partial charge on any atom is -0.338 e. The van der Waals surface area contributed by atoms with Gasteiger partial charge >= 0.3 is 0 Å². The quantitative estimate of drug-likeness (QED) is 0.891. The van der Waals surface area contributed by atoms with Gasteiger partial charge in [-0.05, 0) is 19.4 Å². The number of piperidine rings is 1. The van der Waals surface area contributed by atoms with E-state index in [1.165, 1.54) is 6.07 Å². The summed E-state index contributed by atoms with van der Waals surface area (Å²) in [4.78, 5) is 14.6. The van der Waals surface area contributed by atoms with Gasteiger partial charge in [-0.2, -0.15) is 5.10 Å². The van der Waals surface area contributed by atoms with Gasteiger partial charge in [-0.15, -0.1) is 0 Å². The summed E-state index contributed by atoms with van der Waals surface area (Å²) in [5, 5.41) is 4.19. The van der Waals surface area contributed by atoms with Gasteiger partial charge < -0.3 is 4.90 Å². The van der Waals surface area contributed by atoms with E-state index in [4.69, 9.17) is 0 Å². The SMILES string of the molecule is CCn1cc(C(=O)N2CCC3NNC(c4ccccc4F)C3C2)cn1. The summed E-state index contributed by atoms with van der Waals surface area (Å²) < 4.78 is 16.0. The van der Waals surface area contributed by atoms with E-state index >= 15 is 0 Å². The van der Waals surface area contributed by atoms with Crippen LogP contribution in [0.2, 0.25) is 0 Å². The number of likely N-dealkylation sites (tertiary alicyclic amines) is 1. The lowest BCUT2D eigenvalue weighted by Crippen LogP contribution is -2.47. The lowest BCUT2D eigenvalue weighted by Gasteiger charge is -2.36. The summed E-state index contributed by atoms with van der Waals surface area (Å²) in [6.07, 6.45) is 4.25. The molecular formula is C18H22FN5O. The largest absolute Gasteiger partial charge is 0.338 e. The average molecular weight is 343 g/mol. The zero-order valence-corrected chi connectivity index (χ0v) is 14.2. The zero-order valence-electron chi connectivity index (χ0n) is 14.2. The number of hydrogen-bond acceptors (Lipinski definition) is 4. The summed E-state index contributed by atoms with van der Waals surface area (Å²) in [5.74, 6) is -0.0803. The molecule has 0 radical (unpaired) electrons. The van der Waals surface area contributed by atoms with E-state index in [9.17, 15) is 9.18 Å². The van der Waals surface area contributed by atoms with E-state index in [1.807, 2.05) is 24.0 Å². The second kappa shape index (κ2) is 6.57. The zero-order chi connectivity index (χ0) is 17.4. The summed E-state index contributed by atoms with van der Waals surface area (Å²) in [6.45, 7) is 4.01. The van der Waals surface area contributed by atoms with E-state index in [0.717, 1.165) is 13.0 Å². The maximum atomic E-state index is 14.2. The molecule has 2 aromatic rings. The number of fused-ring (bicyclic) bond motifs is 1. The highest BCUT2D eigenvalue weighted by Gasteiger charge is 2.42. The smallest absolute Gasteiger partial charge is 0.257 e. The number of nitrogens with zero attached hydrogens (tertiary/aromatic N) is 3. The average Bonchev–Trinajstić information content (AvgIpc) is 3.28. The molecule has 132 valence electrons. The number of rotatable bonds is 3. The fourth-order valence-electron chi connectivity index (χ4n) is 3.85. The number of aromatic nitrogens is 2. The molecule has 3 heterocycles. The highest BCUT2D eigenvalue weighted by Crippen LogP contribution is 2.35. The predicted molar refractivity (Wildman–Crippen MR) is 91.1 cm³/mol. The van der Waals surface area contributed by atoms with Crippen molar-refractivity contribution in [3.05, 3.63) is 53.6 Å². The Labute approximate surface area is 146 Å². The van der Waals surface area contributed by atoms with Crippen LogP contribution in [0.3, 0.4) is 0 Å². The number of amides is 1. The molecule has 2 fully saturated rings. The fourth-order valence-corrected chi connectivity index (χ4v) is 3.85. The minimum absolute atomic E-state index is 0.00247. The number of halogens is 1. The van der Waals surface area contributed by atoms with Crippen molar-refractivity contribution in [2.75, 3.05) is 13.1 Å². The molecule has 1 aromatic heterocycles. The third-order valence-electron chi connectivity index (χ3n) is 5.24. The van der Waals surface area contributed by atoms with Crippen LogP contribution in [0.4, 0.5) is 4.39 Å². The maximum Gasteiger partial charge on any atom is 0.257 e. The van der Waals surface area contributed by atoms with Gasteiger partial charge in [-0.1, -0.05) is 18.2 Å². The van der Waals surface area contributed by atoms with Crippen LogP contribution in [0.25, 0.3) is 0 Å². The number of carbonyl (C=O) groups excluding carboxylic acids is 1. The van der Waals surface area contributed by atoms with E-state index < -0.39 is 0 Å². The number of benzene rings is 1. The lowest BCUT2D eigenvalue weighted by atomic mass is 9.85. The standard InChI is InChI=1S/C18H22FN5O/c1-2-24-10-12(9-20-24)18(25)23-8-7-16-14(11-23)17(22-21-16)13-5-3-4-6-15(13)19/h3-6,9-10,14,16-17,21-22H,2,7-8,11H2,1H3. The Balaban J connectivity index is 1.53. The van der Waals surface area contributed by atoms with Crippen LogP contribution in [-0.4, -0.2) is 39.7 Å². The van der Waals surface area contributed by atoms with Crippen molar-refractivity contribution in [3.8, 4) is 0 Å². The van der Waals surface area contributed by atoms with Gasteiger partial charge in [0.15, 0.2) is 0 Å². The molecular weight excluding hydrogens is 321 g/mol. The topological polar surface area (TPSA) is 62.2 Å². The van der Waals surface area contributed by atoms with Crippen molar-refractivity contribution in [3.63, 3.8) is 0 Å². The van der Waals surface area contributed by atoms with Gasteiger partial charge in [-0.25, -0.2) is 9.82 Å². The minimum atomic E-state index is -0.213. The lowest BCUT2D eigenvalue weighted by molar-refractivity contribution is 0.0652. The number of hydrazine groups is 1. The van der Waals surface area contributed by atoms with Gasteiger partial charge in [0, 0.05) is 43.4 Å². The second-order valence-electron chi connectivity index (χ2n) is 6.68. The molecule has 2 aliphatic heterocycles. The second-order valence-corrected chi connectivity index (χ2v) is 6.68. The molecule has 0 spiro atoms. The number of aryl methyl sites for hydroxylation is 1. The summed E-state index contributed by atoms with van der Waals surface area (Å²) >= 11 is 0. The number of nitrogens with one attached hydrogen (secondary N) is 2. The van der Waals surface area contributed by atoms with Gasteiger partial charge in [-0.3, -0.25) is 14.9 Å². The number of hydrogen-bond donors (Lipinski definition) is 2. The van der Waals surface area contributed by atoms with Gasteiger partial charge in [0.05, 0.1) is 17.8 Å². The van der Waals surface area contributed by atoms with Crippen LogP contribution >= 0.6 is 0 Å². The molecule has 3 atom stereocenters. The van der Waals surface area contributed by atoms with Gasteiger partial charge in [0.25, 0.3) is 5.91 Å². The molecule has 0 bridgehead atoms. The molecule has 7 heteroatoms. The van der Waals surface area contributed by atoms with Crippen LogP contribution in [0.15, 0.2) is 36.7 Å². The Morgan fingerprint density at radius 2 is 2.20 bits per heavy atom. The summed E-state index contributed by atoms with van der Waals surface area (Å²) in [6, 6.07) is 6.93. The molecule has 1 aromatic carbocycles. The Morgan fingerprint density at radius 3 is 2.96 bits per heavy atom. The molecule has 1 amide bonds. The van der Waals surface area contributed by atoms with Crippen LogP contribution in [0, 0.1) is 11.7 Å². The molecule has 2 aliphatic rings. The maximum absolute atomic E-state index is 14.2. The third kappa shape index (κ3) is 2.94. The van der Waals surface area contributed by atoms with Gasteiger partial charge in [0.2, 0.25) is 0 Å². The van der Waals surface area contributed by atoms with Crippen LogP contribution in [0.5, 0.6) is 0 Å². The Hall–Kier alpha value is -2.25. The Morgan fingerprint density at radius 1 is 1.36 bits per heavy atom. The summed E-state index contributed by atoms with van der Waals surface area (Å²) in [5.41, 5.74) is 7.76. The van der Waals surface area contributed by atoms with Crippen molar-refractivity contribution >= 4 is 5.91 Å². The Bertz CT molecular complexity index is 776. The first-order chi connectivity index (χ1) is 12.2. The Kier molecular flexibility index (Phi) is 4.27. The van der Waals surface area contributed by atoms with Crippen molar-refractivity contribution in [2.24, 2.45) is 5.92 Å². The molecule has 0 saturated carbocycles. The molecule has 2 saturated heterocycles. The number of carbonyl (C=O) groups is 1. The van der Waals surface area contributed by atoms with Crippen molar-refractivity contribution in [1.29, 1.82) is 0 Å². The van der Waals surface area contributed by atoms with Crippen LogP contribution in [-0.2, 0) is 6.54 Å². The monoisotopic (exact) mass is 343 g/mol. The first-order valence-corrected chi connectivity index (χ1v) is 8.74.